The number of hydrogen-bond donors (Lipinski definition) is 0. The van der Waals surface area contributed by atoms with Gasteiger partial charge in [-0.05, 0) is 40.2 Å². The van der Waals surface area contributed by atoms with E-state index in [-0.39, 0.29) is 12.4 Å². The molecule has 0 spiro atoms. The van der Waals surface area contributed by atoms with E-state index in [9.17, 15) is 9.18 Å². The van der Waals surface area contributed by atoms with Crippen molar-refractivity contribution in [2.24, 2.45) is 0 Å². The molecule has 0 radical (unpaired) electrons. The molecule has 88 valence electrons. The fourth-order valence-corrected chi connectivity index (χ4v) is 1.50. The third-order valence-electron chi connectivity index (χ3n) is 2.07. The minimum atomic E-state index is -0.393. The highest BCUT2D eigenvalue weighted by Gasteiger charge is 2.04. The first-order valence-electron chi connectivity index (χ1n) is 4.81. The number of furan rings is 1. The molecule has 5 heteroatoms. The Balaban J connectivity index is 2.01. The van der Waals surface area contributed by atoms with Crippen molar-refractivity contribution in [1.29, 1.82) is 0 Å². The zero-order valence-electron chi connectivity index (χ0n) is 8.65. The average molecular weight is 299 g/mol. The van der Waals surface area contributed by atoms with Gasteiger partial charge in [0.2, 0.25) is 0 Å². The number of benzene rings is 1. The fourth-order valence-electron chi connectivity index (χ4n) is 1.26. The number of aldehydes is 1. The van der Waals surface area contributed by atoms with E-state index in [1.807, 2.05) is 0 Å². The van der Waals surface area contributed by atoms with Gasteiger partial charge in [0.15, 0.2) is 12.0 Å². The standard InChI is InChI=1S/C12H8BrFO3/c13-11-4-3-8(5-12(11)14)16-7-10-2-1-9(6-15)17-10/h1-6H,7H2. The van der Waals surface area contributed by atoms with E-state index in [1.54, 1.807) is 24.3 Å². The molecular formula is C12H8BrFO3. The summed E-state index contributed by atoms with van der Waals surface area (Å²) in [6, 6.07) is 7.65. The maximum atomic E-state index is 13.2. The molecule has 0 aliphatic heterocycles. The van der Waals surface area contributed by atoms with Gasteiger partial charge in [0, 0.05) is 6.07 Å². The van der Waals surface area contributed by atoms with Crippen LogP contribution in [0.2, 0.25) is 0 Å². The molecule has 17 heavy (non-hydrogen) atoms. The van der Waals surface area contributed by atoms with Gasteiger partial charge in [-0.3, -0.25) is 4.79 Å². The van der Waals surface area contributed by atoms with Crippen molar-refractivity contribution in [3.63, 3.8) is 0 Å². The number of rotatable bonds is 4. The van der Waals surface area contributed by atoms with E-state index >= 15 is 0 Å². The van der Waals surface area contributed by atoms with E-state index in [0.717, 1.165) is 0 Å². The van der Waals surface area contributed by atoms with E-state index in [2.05, 4.69) is 15.9 Å². The van der Waals surface area contributed by atoms with Crippen LogP contribution >= 0.6 is 15.9 Å². The Kier molecular flexibility index (Phi) is 3.58. The van der Waals surface area contributed by atoms with E-state index < -0.39 is 5.82 Å². The SMILES string of the molecule is O=Cc1ccc(COc2ccc(Br)c(F)c2)o1. The smallest absolute Gasteiger partial charge is 0.185 e. The van der Waals surface area contributed by atoms with Crippen LogP contribution in [0.3, 0.4) is 0 Å². The van der Waals surface area contributed by atoms with Crippen LogP contribution in [0.1, 0.15) is 16.3 Å². The Labute approximate surface area is 105 Å². The number of carbonyl (C=O) groups is 1. The normalized spacial score (nSPS) is 10.2. The molecule has 2 aromatic rings. The van der Waals surface area contributed by atoms with Crippen molar-refractivity contribution in [3.05, 3.63) is 52.1 Å². The molecule has 1 heterocycles. The maximum absolute atomic E-state index is 13.2. The molecule has 0 saturated carbocycles. The van der Waals surface area contributed by atoms with Gasteiger partial charge in [-0.2, -0.15) is 0 Å². The van der Waals surface area contributed by atoms with Crippen LogP contribution in [-0.2, 0) is 6.61 Å². The first kappa shape index (κ1) is 11.9. The highest BCUT2D eigenvalue weighted by molar-refractivity contribution is 9.10. The highest BCUT2D eigenvalue weighted by atomic mass is 79.9. The van der Waals surface area contributed by atoms with Crippen molar-refractivity contribution >= 4 is 22.2 Å². The van der Waals surface area contributed by atoms with Gasteiger partial charge in [0.05, 0.1) is 4.47 Å². The highest BCUT2D eigenvalue weighted by Crippen LogP contribution is 2.21. The van der Waals surface area contributed by atoms with Gasteiger partial charge in [-0.1, -0.05) is 0 Å². The summed E-state index contributed by atoms with van der Waals surface area (Å²) in [4.78, 5) is 10.4. The summed E-state index contributed by atoms with van der Waals surface area (Å²) in [7, 11) is 0. The fraction of sp³-hybridized carbons (Fsp3) is 0.0833. The number of hydrogen-bond acceptors (Lipinski definition) is 3. The Morgan fingerprint density at radius 1 is 1.35 bits per heavy atom. The Hall–Kier alpha value is -1.62. The summed E-state index contributed by atoms with van der Waals surface area (Å²) in [5.41, 5.74) is 0. The third kappa shape index (κ3) is 2.94. The quantitative estimate of drug-likeness (QED) is 0.810. The number of ether oxygens (including phenoxy) is 1. The van der Waals surface area contributed by atoms with Crippen LogP contribution in [0.5, 0.6) is 5.75 Å². The van der Waals surface area contributed by atoms with Gasteiger partial charge >= 0.3 is 0 Å². The third-order valence-corrected chi connectivity index (χ3v) is 2.71. The lowest BCUT2D eigenvalue weighted by Crippen LogP contribution is -1.94. The molecule has 0 saturated heterocycles. The largest absolute Gasteiger partial charge is 0.486 e. The monoisotopic (exact) mass is 298 g/mol. The molecule has 0 fully saturated rings. The van der Waals surface area contributed by atoms with Crippen molar-refractivity contribution in [3.8, 4) is 5.75 Å². The first-order chi connectivity index (χ1) is 8.19. The van der Waals surface area contributed by atoms with Crippen LogP contribution in [-0.4, -0.2) is 6.29 Å². The molecule has 0 N–H and O–H groups in total. The predicted molar refractivity (Wildman–Crippen MR) is 62.5 cm³/mol. The molecule has 2 rings (SSSR count). The summed E-state index contributed by atoms with van der Waals surface area (Å²) < 4.78 is 24.0. The molecule has 0 atom stereocenters. The zero-order valence-corrected chi connectivity index (χ0v) is 10.2. The van der Waals surface area contributed by atoms with Gasteiger partial charge in [-0.25, -0.2) is 4.39 Å². The van der Waals surface area contributed by atoms with E-state index in [0.29, 0.717) is 22.3 Å². The van der Waals surface area contributed by atoms with Crippen LogP contribution < -0.4 is 4.74 Å². The van der Waals surface area contributed by atoms with Crippen LogP contribution in [0.25, 0.3) is 0 Å². The second-order valence-corrected chi connectivity index (χ2v) is 4.14. The second kappa shape index (κ2) is 5.14. The van der Waals surface area contributed by atoms with Gasteiger partial charge in [0.1, 0.15) is 23.9 Å². The molecule has 0 aliphatic rings. The van der Waals surface area contributed by atoms with Crippen LogP contribution in [0.15, 0.2) is 39.2 Å². The number of carbonyl (C=O) groups excluding carboxylic acids is 1. The molecule has 0 unspecified atom stereocenters. The molecular weight excluding hydrogens is 291 g/mol. The molecule has 3 nitrogen and oxygen atoms in total. The first-order valence-corrected chi connectivity index (χ1v) is 5.60. The zero-order chi connectivity index (χ0) is 12.3. The lowest BCUT2D eigenvalue weighted by Gasteiger charge is -2.04. The van der Waals surface area contributed by atoms with E-state index in [4.69, 9.17) is 9.15 Å². The van der Waals surface area contributed by atoms with Crippen molar-refractivity contribution < 1.29 is 18.3 Å². The Bertz CT molecular complexity index is 536. The lowest BCUT2D eigenvalue weighted by atomic mass is 10.3. The molecule has 1 aromatic carbocycles. The minimum absolute atomic E-state index is 0.148. The van der Waals surface area contributed by atoms with Gasteiger partial charge in [-0.15, -0.1) is 0 Å². The predicted octanol–water partition coefficient (Wildman–Crippen LogP) is 3.57. The molecule has 1 aromatic heterocycles. The second-order valence-electron chi connectivity index (χ2n) is 3.29. The number of halogens is 2. The average Bonchev–Trinajstić information content (AvgIpc) is 2.79. The maximum Gasteiger partial charge on any atom is 0.185 e. The van der Waals surface area contributed by atoms with Crippen molar-refractivity contribution in [2.75, 3.05) is 0 Å². The summed E-state index contributed by atoms with van der Waals surface area (Å²) in [5, 5.41) is 0. The van der Waals surface area contributed by atoms with Gasteiger partial charge in [0.25, 0.3) is 0 Å². The summed E-state index contributed by atoms with van der Waals surface area (Å²) >= 11 is 3.05. The molecule has 0 bridgehead atoms. The molecule has 0 amide bonds. The molecule has 0 aliphatic carbocycles. The topological polar surface area (TPSA) is 39.4 Å². The lowest BCUT2D eigenvalue weighted by molar-refractivity contribution is 0.109. The van der Waals surface area contributed by atoms with Crippen molar-refractivity contribution in [1.82, 2.24) is 0 Å². The summed E-state index contributed by atoms with van der Waals surface area (Å²) in [6.07, 6.45) is 0.614. The van der Waals surface area contributed by atoms with E-state index in [1.165, 1.54) is 6.07 Å². The Morgan fingerprint density at radius 3 is 2.82 bits per heavy atom. The van der Waals surface area contributed by atoms with Crippen LogP contribution in [0, 0.1) is 5.82 Å². The minimum Gasteiger partial charge on any atom is -0.486 e. The van der Waals surface area contributed by atoms with Crippen molar-refractivity contribution in [2.45, 2.75) is 6.61 Å². The summed E-state index contributed by atoms with van der Waals surface area (Å²) in [6.45, 7) is 0.148. The Morgan fingerprint density at radius 2 is 2.18 bits per heavy atom. The summed E-state index contributed by atoms with van der Waals surface area (Å²) in [5.74, 6) is 0.756. The van der Waals surface area contributed by atoms with Gasteiger partial charge < -0.3 is 9.15 Å². The van der Waals surface area contributed by atoms with Crippen LogP contribution in [0.4, 0.5) is 4.39 Å².